The first kappa shape index (κ1) is 13.9. The maximum absolute atomic E-state index is 12.3. The predicted molar refractivity (Wildman–Crippen MR) is 77.1 cm³/mol. The summed E-state index contributed by atoms with van der Waals surface area (Å²) in [6.45, 7) is 4.94. The molecule has 0 atom stereocenters. The summed E-state index contributed by atoms with van der Waals surface area (Å²) in [5.74, 6) is 1.56. The first-order valence-corrected chi connectivity index (χ1v) is 7.33. The second-order valence-electron chi connectivity index (χ2n) is 6.36. The van der Waals surface area contributed by atoms with Gasteiger partial charge in [0.2, 0.25) is 0 Å². The van der Waals surface area contributed by atoms with E-state index in [-0.39, 0.29) is 11.3 Å². The molecule has 112 valence electrons. The van der Waals surface area contributed by atoms with E-state index in [1.807, 2.05) is 12.1 Å². The minimum atomic E-state index is -0.163. The van der Waals surface area contributed by atoms with Crippen LogP contribution in [0.5, 0.6) is 0 Å². The van der Waals surface area contributed by atoms with Crippen LogP contribution in [0.15, 0.2) is 27.3 Å². The zero-order valence-electron chi connectivity index (χ0n) is 12.4. The van der Waals surface area contributed by atoms with Gasteiger partial charge in [-0.15, -0.1) is 0 Å². The minimum Gasteiger partial charge on any atom is -0.469 e. The number of nitrogens with zero attached hydrogens (tertiary/aromatic N) is 1. The van der Waals surface area contributed by atoms with Gasteiger partial charge in [-0.05, 0) is 30.4 Å². The van der Waals surface area contributed by atoms with Crippen LogP contribution in [0.25, 0.3) is 0 Å². The summed E-state index contributed by atoms with van der Waals surface area (Å²) in [5, 5.41) is 6.85. The van der Waals surface area contributed by atoms with Gasteiger partial charge < -0.3 is 14.3 Å². The zero-order valence-corrected chi connectivity index (χ0v) is 12.4. The molecule has 0 saturated heterocycles. The fourth-order valence-electron chi connectivity index (χ4n) is 2.76. The Kier molecular flexibility index (Phi) is 3.57. The van der Waals surface area contributed by atoms with Gasteiger partial charge in [-0.25, -0.2) is 0 Å². The molecule has 5 heteroatoms. The van der Waals surface area contributed by atoms with Crippen molar-refractivity contribution in [3.8, 4) is 0 Å². The lowest BCUT2D eigenvalue weighted by atomic mass is 9.76. The molecule has 0 unspecified atom stereocenters. The summed E-state index contributed by atoms with van der Waals surface area (Å²) in [6.07, 6.45) is 5.06. The highest BCUT2D eigenvalue weighted by molar-refractivity contribution is 5.93. The number of amides is 1. The molecule has 0 aliphatic heterocycles. The SMILES string of the molecule is CC1(C)CCc2onc(C(=O)NCCc3ccco3)c2C1. The second kappa shape index (κ2) is 5.39. The highest BCUT2D eigenvalue weighted by Gasteiger charge is 2.32. The van der Waals surface area contributed by atoms with Crippen LogP contribution >= 0.6 is 0 Å². The van der Waals surface area contributed by atoms with Gasteiger partial charge >= 0.3 is 0 Å². The van der Waals surface area contributed by atoms with Crippen molar-refractivity contribution in [2.75, 3.05) is 6.54 Å². The van der Waals surface area contributed by atoms with Gasteiger partial charge in [0.1, 0.15) is 11.5 Å². The number of fused-ring (bicyclic) bond motifs is 1. The third kappa shape index (κ3) is 3.01. The molecular formula is C16H20N2O3. The van der Waals surface area contributed by atoms with E-state index in [0.29, 0.717) is 18.7 Å². The number of carbonyl (C=O) groups is 1. The van der Waals surface area contributed by atoms with Crippen molar-refractivity contribution in [3.63, 3.8) is 0 Å². The third-order valence-corrected chi connectivity index (χ3v) is 4.01. The van der Waals surface area contributed by atoms with Gasteiger partial charge in [-0.1, -0.05) is 19.0 Å². The van der Waals surface area contributed by atoms with E-state index in [2.05, 4.69) is 24.3 Å². The van der Waals surface area contributed by atoms with Crippen LogP contribution in [0.2, 0.25) is 0 Å². The smallest absolute Gasteiger partial charge is 0.273 e. The summed E-state index contributed by atoms with van der Waals surface area (Å²) in [5.41, 5.74) is 1.61. The molecule has 3 rings (SSSR count). The van der Waals surface area contributed by atoms with E-state index in [4.69, 9.17) is 8.94 Å². The van der Waals surface area contributed by atoms with Crippen LogP contribution in [0, 0.1) is 5.41 Å². The van der Waals surface area contributed by atoms with E-state index in [1.54, 1.807) is 6.26 Å². The number of aryl methyl sites for hydroxylation is 1. The van der Waals surface area contributed by atoms with Gasteiger partial charge in [0.05, 0.1) is 6.26 Å². The summed E-state index contributed by atoms with van der Waals surface area (Å²) in [7, 11) is 0. The molecule has 0 aromatic carbocycles. The molecule has 21 heavy (non-hydrogen) atoms. The lowest BCUT2D eigenvalue weighted by Gasteiger charge is -2.28. The molecule has 1 amide bonds. The normalized spacial score (nSPS) is 16.5. The van der Waals surface area contributed by atoms with Crippen molar-refractivity contribution >= 4 is 5.91 Å². The van der Waals surface area contributed by atoms with Crippen molar-refractivity contribution in [2.24, 2.45) is 5.41 Å². The molecule has 0 radical (unpaired) electrons. The van der Waals surface area contributed by atoms with Crippen molar-refractivity contribution in [1.29, 1.82) is 0 Å². The second-order valence-corrected chi connectivity index (χ2v) is 6.36. The topological polar surface area (TPSA) is 68.3 Å². The Bertz CT molecular complexity index is 626. The number of hydrogen-bond acceptors (Lipinski definition) is 4. The number of carbonyl (C=O) groups excluding carboxylic acids is 1. The predicted octanol–water partition coefficient (Wildman–Crippen LogP) is 2.76. The van der Waals surface area contributed by atoms with Crippen molar-refractivity contribution in [1.82, 2.24) is 10.5 Å². The van der Waals surface area contributed by atoms with Gasteiger partial charge in [-0.2, -0.15) is 0 Å². The van der Waals surface area contributed by atoms with Crippen LogP contribution < -0.4 is 5.32 Å². The van der Waals surface area contributed by atoms with E-state index in [9.17, 15) is 4.79 Å². The van der Waals surface area contributed by atoms with Gasteiger partial charge in [0, 0.05) is 24.9 Å². The maximum atomic E-state index is 12.3. The van der Waals surface area contributed by atoms with E-state index < -0.39 is 0 Å². The van der Waals surface area contributed by atoms with Gasteiger partial charge in [0.25, 0.3) is 5.91 Å². The zero-order chi connectivity index (χ0) is 14.9. The van der Waals surface area contributed by atoms with Crippen LogP contribution in [0.4, 0.5) is 0 Å². The van der Waals surface area contributed by atoms with E-state index >= 15 is 0 Å². The monoisotopic (exact) mass is 288 g/mol. The van der Waals surface area contributed by atoms with E-state index in [1.165, 1.54) is 0 Å². The van der Waals surface area contributed by atoms with Crippen molar-refractivity contribution < 1.29 is 13.7 Å². The number of furan rings is 1. The quantitative estimate of drug-likeness (QED) is 0.939. The van der Waals surface area contributed by atoms with Crippen molar-refractivity contribution in [2.45, 2.75) is 39.5 Å². The fraction of sp³-hybridized carbons (Fsp3) is 0.500. The molecule has 1 N–H and O–H groups in total. The Morgan fingerprint density at radius 1 is 1.48 bits per heavy atom. The molecule has 0 fully saturated rings. The summed E-state index contributed by atoms with van der Waals surface area (Å²) in [6, 6.07) is 3.74. The summed E-state index contributed by atoms with van der Waals surface area (Å²) >= 11 is 0. The highest BCUT2D eigenvalue weighted by atomic mass is 16.5. The molecule has 0 spiro atoms. The number of hydrogen-bond donors (Lipinski definition) is 1. The summed E-state index contributed by atoms with van der Waals surface area (Å²) < 4.78 is 10.6. The fourth-order valence-corrected chi connectivity index (χ4v) is 2.76. The Morgan fingerprint density at radius 2 is 2.33 bits per heavy atom. The average molecular weight is 288 g/mol. The molecule has 2 aromatic rings. The van der Waals surface area contributed by atoms with E-state index in [0.717, 1.165) is 36.3 Å². The van der Waals surface area contributed by atoms with Crippen LogP contribution in [0.3, 0.4) is 0 Å². The lowest BCUT2D eigenvalue weighted by molar-refractivity contribution is 0.0943. The molecule has 1 aliphatic carbocycles. The lowest BCUT2D eigenvalue weighted by Crippen LogP contribution is -2.29. The molecule has 0 bridgehead atoms. The average Bonchev–Trinajstić information content (AvgIpc) is 3.06. The Balaban J connectivity index is 1.64. The Labute approximate surface area is 123 Å². The standard InChI is InChI=1S/C16H20N2O3/c1-16(2)7-5-13-12(10-16)14(18-21-13)15(19)17-8-6-11-4-3-9-20-11/h3-4,9H,5-8,10H2,1-2H3,(H,17,19). The number of aromatic nitrogens is 1. The molecule has 5 nitrogen and oxygen atoms in total. The minimum absolute atomic E-state index is 0.163. The molecule has 2 heterocycles. The highest BCUT2D eigenvalue weighted by Crippen LogP contribution is 2.36. The van der Waals surface area contributed by atoms with Gasteiger partial charge in [-0.3, -0.25) is 4.79 Å². The molecule has 0 saturated carbocycles. The third-order valence-electron chi connectivity index (χ3n) is 4.01. The summed E-state index contributed by atoms with van der Waals surface area (Å²) in [4.78, 5) is 12.3. The molecule has 1 aliphatic rings. The Hall–Kier alpha value is -2.04. The number of nitrogens with one attached hydrogen (secondary N) is 1. The largest absolute Gasteiger partial charge is 0.469 e. The first-order valence-electron chi connectivity index (χ1n) is 7.33. The maximum Gasteiger partial charge on any atom is 0.273 e. The van der Waals surface area contributed by atoms with Crippen LogP contribution in [-0.2, 0) is 19.3 Å². The van der Waals surface area contributed by atoms with Crippen molar-refractivity contribution in [3.05, 3.63) is 41.2 Å². The van der Waals surface area contributed by atoms with Crippen LogP contribution in [-0.4, -0.2) is 17.6 Å². The van der Waals surface area contributed by atoms with Crippen LogP contribution in [0.1, 0.15) is 47.8 Å². The molecule has 2 aromatic heterocycles. The first-order chi connectivity index (χ1) is 10.1. The van der Waals surface area contributed by atoms with Gasteiger partial charge in [0.15, 0.2) is 5.69 Å². The Morgan fingerprint density at radius 3 is 3.10 bits per heavy atom. The number of rotatable bonds is 4. The molecular weight excluding hydrogens is 268 g/mol.